The third-order valence-corrected chi connectivity index (χ3v) is 5.58. The molecule has 3 rings (SSSR count). The van der Waals surface area contributed by atoms with Crippen LogP contribution in [0.2, 0.25) is 0 Å². The van der Waals surface area contributed by atoms with Gasteiger partial charge in [-0.1, -0.05) is 32.1 Å². The van der Waals surface area contributed by atoms with Crippen molar-refractivity contribution in [3.05, 3.63) is 0 Å². The third kappa shape index (κ3) is 2.30. The minimum Gasteiger partial charge on any atom is -0.316 e. The standard InChI is InChI=1S/C15H27N/c1-2-9-16-11-15-8-7-12-5-3-6-13(12)10-14(15)4-1/h12-16H,1-11H2. The Kier molecular flexibility index (Phi) is 3.51. The van der Waals surface area contributed by atoms with Crippen molar-refractivity contribution in [1.82, 2.24) is 5.32 Å². The molecule has 0 aromatic rings. The summed E-state index contributed by atoms with van der Waals surface area (Å²) in [6.45, 7) is 2.60. The van der Waals surface area contributed by atoms with Crippen LogP contribution in [0.1, 0.15) is 57.8 Å². The fraction of sp³-hybridized carbons (Fsp3) is 1.00. The Bertz CT molecular complexity index is 225. The highest BCUT2D eigenvalue weighted by Gasteiger charge is 2.35. The molecular formula is C15H27N. The van der Waals surface area contributed by atoms with Crippen LogP contribution in [0.4, 0.5) is 0 Å². The minimum atomic E-state index is 1.02. The fourth-order valence-corrected chi connectivity index (χ4v) is 4.62. The van der Waals surface area contributed by atoms with E-state index >= 15 is 0 Å². The second-order valence-electron chi connectivity index (χ2n) is 6.48. The van der Waals surface area contributed by atoms with Crippen molar-refractivity contribution >= 4 is 0 Å². The van der Waals surface area contributed by atoms with Crippen LogP contribution in [-0.4, -0.2) is 13.1 Å². The molecule has 92 valence electrons. The predicted molar refractivity (Wildman–Crippen MR) is 68.4 cm³/mol. The van der Waals surface area contributed by atoms with E-state index in [9.17, 15) is 0 Å². The smallest absolute Gasteiger partial charge is 0.00179 e. The number of hydrogen-bond acceptors (Lipinski definition) is 1. The first-order valence-electron chi connectivity index (χ1n) is 7.64. The summed E-state index contributed by atoms with van der Waals surface area (Å²) in [6.07, 6.45) is 13.7. The fourth-order valence-electron chi connectivity index (χ4n) is 4.62. The van der Waals surface area contributed by atoms with E-state index in [0.717, 1.165) is 23.7 Å². The lowest BCUT2D eigenvalue weighted by Gasteiger charge is -2.29. The van der Waals surface area contributed by atoms with Crippen LogP contribution >= 0.6 is 0 Å². The molecule has 1 saturated heterocycles. The van der Waals surface area contributed by atoms with Crippen LogP contribution in [0.25, 0.3) is 0 Å². The van der Waals surface area contributed by atoms with Gasteiger partial charge in [0.15, 0.2) is 0 Å². The molecule has 3 fully saturated rings. The molecular weight excluding hydrogens is 194 g/mol. The predicted octanol–water partition coefficient (Wildman–Crippen LogP) is 3.59. The van der Waals surface area contributed by atoms with Gasteiger partial charge in [-0.15, -0.1) is 0 Å². The summed E-state index contributed by atoms with van der Waals surface area (Å²) < 4.78 is 0. The lowest BCUT2D eigenvalue weighted by Crippen LogP contribution is -2.31. The van der Waals surface area contributed by atoms with E-state index in [1.165, 1.54) is 45.2 Å². The Hall–Kier alpha value is -0.0400. The van der Waals surface area contributed by atoms with Crippen molar-refractivity contribution < 1.29 is 0 Å². The molecule has 0 aromatic carbocycles. The lowest BCUT2D eigenvalue weighted by molar-refractivity contribution is 0.239. The van der Waals surface area contributed by atoms with Crippen molar-refractivity contribution in [2.45, 2.75) is 57.8 Å². The normalized spacial score (nSPS) is 45.0. The Morgan fingerprint density at radius 3 is 2.38 bits per heavy atom. The van der Waals surface area contributed by atoms with E-state index in [1.807, 2.05) is 0 Å². The Morgan fingerprint density at radius 1 is 0.625 bits per heavy atom. The first-order valence-corrected chi connectivity index (χ1v) is 7.64. The zero-order chi connectivity index (χ0) is 10.8. The third-order valence-electron chi connectivity index (χ3n) is 5.58. The maximum atomic E-state index is 3.68. The van der Waals surface area contributed by atoms with Gasteiger partial charge in [0.25, 0.3) is 0 Å². The van der Waals surface area contributed by atoms with Gasteiger partial charge >= 0.3 is 0 Å². The summed E-state index contributed by atoms with van der Waals surface area (Å²) in [5, 5.41) is 3.68. The summed E-state index contributed by atoms with van der Waals surface area (Å²) in [7, 11) is 0. The zero-order valence-corrected chi connectivity index (χ0v) is 10.6. The van der Waals surface area contributed by atoms with Crippen LogP contribution in [0, 0.1) is 23.7 Å². The molecule has 4 unspecified atom stereocenters. The SMILES string of the molecule is C1CCC2CC3CCCC3CCC2CNC1. The summed E-state index contributed by atoms with van der Waals surface area (Å²) >= 11 is 0. The van der Waals surface area contributed by atoms with Crippen LogP contribution in [0.3, 0.4) is 0 Å². The Labute approximate surface area is 100 Å². The van der Waals surface area contributed by atoms with Crippen molar-refractivity contribution in [2.24, 2.45) is 23.7 Å². The van der Waals surface area contributed by atoms with E-state index in [-0.39, 0.29) is 0 Å². The van der Waals surface area contributed by atoms with Gasteiger partial charge in [0.1, 0.15) is 0 Å². The van der Waals surface area contributed by atoms with Crippen LogP contribution in [0.15, 0.2) is 0 Å². The van der Waals surface area contributed by atoms with Crippen LogP contribution in [-0.2, 0) is 0 Å². The number of nitrogens with one attached hydrogen (secondary N) is 1. The van der Waals surface area contributed by atoms with Gasteiger partial charge in [-0.2, -0.15) is 0 Å². The van der Waals surface area contributed by atoms with Gasteiger partial charge in [0.05, 0.1) is 0 Å². The molecule has 1 N–H and O–H groups in total. The molecule has 3 aliphatic rings. The van der Waals surface area contributed by atoms with Gasteiger partial charge in [-0.05, 0) is 62.4 Å². The molecule has 2 saturated carbocycles. The van der Waals surface area contributed by atoms with Crippen molar-refractivity contribution in [1.29, 1.82) is 0 Å². The van der Waals surface area contributed by atoms with Gasteiger partial charge in [0, 0.05) is 0 Å². The van der Waals surface area contributed by atoms with E-state index < -0.39 is 0 Å². The zero-order valence-electron chi connectivity index (χ0n) is 10.6. The topological polar surface area (TPSA) is 12.0 Å². The molecule has 2 aliphatic carbocycles. The molecule has 1 heteroatoms. The molecule has 16 heavy (non-hydrogen) atoms. The molecule has 0 radical (unpaired) electrons. The first kappa shape index (κ1) is 11.1. The first-order chi connectivity index (χ1) is 7.93. The number of fused-ring (bicyclic) bond motifs is 2. The average molecular weight is 221 g/mol. The number of rotatable bonds is 0. The van der Waals surface area contributed by atoms with E-state index in [4.69, 9.17) is 0 Å². The highest BCUT2D eigenvalue weighted by atomic mass is 14.9. The highest BCUT2D eigenvalue weighted by Crippen LogP contribution is 2.45. The second-order valence-corrected chi connectivity index (χ2v) is 6.48. The molecule has 1 heterocycles. The average Bonchev–Trinajstić information content (AvgIpc) is 2.63. The quantitative estimate of drug-likeness (QED) is 0.659. The molecule has 1 aliphatic heterocycles. The largest absolute Gasteiger partial charge is 0.316 e. The maximum absolute atomic E-state index is 3.68. The van der Waals surface area contributed by atoms with Crippen LogP contribution in [0.5, 0.6) is 0 Å². The maximum Gasteiger partial charge on any atom is -0.00179 e. The Morgan fingerprint density at radius 2 is 1.38 bits per heavy atom. The summed E-state index contributed by atoms with van der Waals surface area (Å²) in [5.41, 5.74) is 0. The molecule has 0 bridgehead atoms. The minimum absolute atomic E-state index is 1.02. The molecule has 0 aromatic heterocycles. The number of hydrogen-bond donors (Lipinski definition) is 1. The van der Waals surface area contributed by atoms with Gasteiger partial charge in [-0.3, -0.25) is 0 Å². The lowest BCUT2D eigenvalue weighted by atomic mass is 9.80. The summed E-state index contributed by atoms with van der Waals surface area (Å²) in [5.74, 6) is 4.33. The Balaban J connectivity index is 1.68. The molecule has 4 atom stereocenters. The summed E-state index contributed by atoms with van der Waals surface area (Å²) in [6, 6.07) is 0. The van der Waals surface area contributed by atoms with Gasteiger partial charge in [0.2, 0.25) is 0 Å². The van der Waals surface area contributed by atoms with E-state index in [0.29, 0.717) is 0 Å². The van der Waals surface area contributed by atoms with Crippen molar-refractivity contribution in [2.75, 3.05) is 13.1 Å². The van der Waals surface area contributed by atoms with Gasteiger partial charge in [-0.25, -0.2) is 0 Å². The molecule has 1 nitrogen and oxygen atoms in total. The van der Waals surface area contributed by atoms with Crippen molar-refractivity contribution in [3.8, 4) is 0 Å². The van der Waals surface area contributed by atoms with E-state index in [2.05, 4.69) is 5.32 Å². The van der Waals surface area contributed by atoms with E-state index in [1.54, 1.807) is 25.7 Å². The molecule has 0 amide bonds. The van der Waals surface area contributed by atoms with Gasteiger partial charge < -0.3 is 5.32 Å². The van der Waals surface area contributed by atoms with Crippen molar-refractivity contribution in [3.63, 3.8) is 0 Å². The highest BCUT2D eigenvalue weighted by molar-refractivity contribution is 4.87. The monoisotopic (exact) mass is 221 g/mol. The second kappa shape index (κ2) is 5.08. The summed E-state index contributed by atoms with van der Waals surface area (Å²) in [4.78, 5) is 0. The van der Waals surface area contributed by atoms with Crippen LogP contribution < -0.4 is 5.32 Å². The molecule has 0 spiro atoms.